The molecule has 1 aromatic heterocycles. The average Bonchev–Trinajstić information content (AvgIpc) is 2.72. The van der Waals surface area contributed by atoms with Crippen LogP contribution < -0.4 is 10.7 Å². The van der Waals surface area contributed by atoms with Gasteiger partial charge in [-0.1, -0.05) is 0 Å². The number of carbonyl (C=O) groups is 3. The van der Waals surface area contributed by atoms with Crippen molar-refractivity contribution in [3.8, 4) is 0 Å². The van der Waals surface area contributed by atoms with Gasteiger partial charge in [-0.25, -0.2) is 10.2 Å². The number of carboxylic acids is 1. The van der Waals surface area contributed by atoms with Crippen LogP contribution in [-0.4, -0.2) is 28.6 Å². The molecule has 1 aliphatic heterocycles. The van der Waals surface area contributed by atoms with E-state index in [0.29, 0.717) is 5.56 Å². The van der Waals surface area contributed by atoms with Crippen LogP contribution in [0, 0.1) is 6.92 Å². The SMILES string of the molecule is Cc1csc(C(=O)O)c1NC(=O)C1=NNC(=O)CC1. The Hall–Kier alpha value is -2.22. The monoisotopic (exact) mass is 281 g/mol. The van der Waals surface area contributed by atoms with Gasteiger partial charge in [0.2, 0.25) is 5.91 Å². The molecule has 2 amide bonds. The molecule has 100 valence electrons. The van der Waals surface area contributed by atoms with E-state index in [4.69, 9.17) is 5.11 Å². The van der Waals surface area contributed by atoms with Crippen molar-refractivity contribution < 1.29 is 19.5 Å². The third-order valence-corrected chi connectivity index (χ3v) is 3.66. The molecule has 0 saturated heterocycles. The van der Waals surface area contributed by atoms with E-state index in [-0.39, 0.29) is 35.0 Å². The highest BCUT2D eigenvalue weighted by Crippen LogP contribution is 2.27. The summed E-state index contributed by atoms with van der Waals surface area (Å²) in [6, 6.07) is 0. The number of amides is 2. The van der Waals surface area contributed by atoms with Gasteiger partial charge in [0.15, 0.2) is 0 Å². The maximum absolute atomic E-state index is 11.9. The molecular formula is C11H11N3O4S. The Bertz CT molecular complexity index is 591. The van der Waals surface area contributed by atoms with Gasteiger partial charge in [-0.15, -0.1) is 11.3 Å². The minimum atomic E-state index is -1.09. The second-order valence-corrected chi connectivity index (χ2v) is 4.86. The van der Waals surface area contributed by atoms with E-state index in [9.17, 15) is 14.4 Å². The molecular weight excluding hydrogens is 270 g/mol. The van der Waals surface area contributed by atoms with Crippen LogP contribution in [0.25, 0.3) is 0 Å². The zero-order valence-corrected chi connectivity index (χ0v) is 10.8. The van der Waals surface area contributed by atoms with Gasteiger partial charge < -0.3 is 10.4 Å². The molecule has 0 atom stereocenters. The molecule has 2 rings (SSSR count). The first-order valence-corrected chi connectivity index (χ1v) is 6.35. The predicted molar refractivity (Wildman–Crippen MR) is 69.5 cm³/mol. The van der Waals surface area contributed by atoms with Crippen LogP contribution in [0.2, 0.25) is 0 Å². The van der Waals surface area contributed by atoms with Crippen molar-refractivity contribution in [3.05, 3.63) is 15.8 Å². The second kappa shape index (κ2) is 5.19. The van der Waals surface area contributed by atoms with Gasteiger partial charge >= 0.3 is 5.97 Å². The summed E-state index contributed by atoms with van der Waals surface area (Å²) in [5.41, 5.74) is 3.36. The highest BCUT2D eigenvalue weighted by atomic mass is 32.1. The summed E-state index contributed by atoms with van der Waals surface area (Å²) < 4.78 is 0. The van der Waals surface area contributed by atoms with E-state index in [2.05, 4.69) is 15.8 Å². The van der Waals surface area contributed by atoms with Crippen molar-refractivity contribution in [2.45, 2.75) is 19.8 Å². The van der Waals surface area contributed by atoms with Crippen LogP contribution in [0.5, 0.6) is 0 Å². The standard InChI is InChI=1S/C11H11N3O4S/c1-5-4-19-9(11(17)18)8(5)12-10(16)6-2-3-7(15)14-13-6/h4H,2-3H2,1H3,(H,12,16)(H,14,15)(H,17,18). The van der Waals surface area contributed by atoms with Crippen molar-refractivity contribution in [1.82, 2.24) is 5.43 Å². The molecule has 0 radical (unpaired) electrons. The molecule has 1 aliphatic rings. The van der Waals surface area contributed by atoms with Gasteiger partial charge in [-0.3, -0.25) is 9.59 Å². The summed E-state index contributed by atoms with van der Waals surface area (Å²) >= 11 is 1.05. The largest absolute Gasteiger partial charge is 0.477 e. The molecule has 1 aromatic rings. The zero-order valence-electron chi connectivity index (χ0n) is 10.0. The van der Waals surface area contributed by atoms with Crippen molar-refractivity contribution in [1.29, 1.82) is 0 Å². The van der Waals surface area contributed by atoms with Crippen LogP contribution in [0.15, 0.2) is 10.5 Å². The van der Waals surface area contributed by atoms with E-state index in [1.807, 2.05) is 0 Å². The fourth-order valence-electron chi connectivity index (χ4n) is 1.58. The first-order chi connectivity index (χ1) is 8.99. The minimum absolute atomic E-state index is 0.0753. The molecule has 0 saturated carbocycles. The molecule has 0 fully saturated rings. The Morgan fingerprint density at radius 3 is 2.79 bits per heavy atom. The van der Waals surface area contributed by atoms with Crippen LogP contribution in [0.1, 0.15) is 28.1 Å². The molecule has 7 nitrogen and oxygen atoms in total. The number of rotatable bonds is 3. The predicted octanol–water partition coefficient (Wildman–Crippen LogP) is 0.959. The Labute approximate surface area is 112 Å². The number of nitrogens with zero attached hydrogens (tertiary/aromatic N) is 1. The Balaban J connectivity index is 2.18. The number of carboxylic acid groups (broad SMARTS) is 1. The number of aromatic carboxylic acids is 1. The Kier molecular flexibility index (Phi) is 3.61. The Morgan fingerprint density at radius 1 is 1.47 bits per heavy atom. The lowest BCUT2D eigenvalue weighted by Gasteiger charge is -2.12. The molecule has 0 bridgehead atoms. The van der Waals surface area contributed by atoms with Gasteiger partial charge in [-0.05, 0) is 17.9 Å². The van der Waals surface area contributed by atoms with Crippen LogP contribution >= 0.6 is 11.3 Å². The van der Waals surface area contributed by atoms with Crippen molar-refractivity contribution in [3.63, 3.8) is 0 Å². The van der Waals surface area contributed by atoms with E-state index < -0.39 is 11.9 Å². The molecule has 3 N–H and O–H groups in total. The van der Waals surface area contributed by atoms with Gasteiger partial charge in [0.25, 0.3) is 5.91 Å². The summed E-state index contributed by atoms with van der Waals surface area (Å²) in [5, 5.41) is 16.9. The van der Waals surface area contributed by atoms with Crippen LogP contribution in [0.3, 0.4) is 0 Å². The summed E-state index contributed by atoms with van der Waals surface area (Å²) in [6.45, 7) is 1.71. The van der Waals surface area contributed by atoms with Gasteiger partial charge in [0.05, 0.1) is 5.69 Å². The third-order valence-electron chi connectivity index (χ3n) is 2.57. The number of nitrogens with one attached hydrogen (secondary N) is 2. The maximum Gasteiger partial charge on any atom is 0.348 e. The number of hydrogen-bond donors (Lipinski definition) is 3. The third kappa shape index (κ3) is 2.79. The highest BCUT2D eigenvalue weighted by molar-refractivity contribution is 7.12. The summed E-state index contributed by atoms with van der Waals surface area (Å²) in [7, 11) is 0. The number of carbonyl (C=O) groups excluding carboxylic acids is 2. The zero-order chi connectivity index (χ0) is 14.0. The fraction of sp³-hybridized carbons (Fsp3) is 0.273. The van der Waals surface area contributed by atoms with E-state index in [1.165, 1.54) is 0 Å². The first-order valence-electron chi connectivity index (χ1n) is 5.47. The number of hydrazone groups is 1. The maximum atomic E-state index is 11.9. The second-order valence-electron chi connectivity index (χ2n) is 3.98. The molecule has 19 heavy (non-hydrogen) atoms. The number of anilines is 1. The quantitative estimate of drug-likeness (QED) is 0.766. The fourth-order valence-corrected chi connectivity index (χ4v) is 2.42. The lowest BCUT2D eigenvalue weighted by atomic mass is 10.1. The molecule has 2 heterocycles. The topological polar surface area (TPSA) is 108 Å². The lowest BCUT2D eigenvalue weighted by Crippen LogP contribution is -2.33. The molecule has 8 heteroatoms. The van der Waals surface area contributed by atoms with E-state index >= 15 is 0 Å². The number of hydrogen-bond acceptors (Lipinski definition) is 5. The van der Waals surface area contributed by atoms with Gasteiger partial charge in [0.1, 0.15) is 10.6 Å². The van der Waals surface area contributed by atoms with Crippen LogP contribution in [0.4, 0.5) is 5.69 Å². The first kappa shape index (κ1) is 13.2. The molecule has 0 spiro atoms. The Morgan fingerprint density at radius 2 is 2.21 bits per heavy atom. The van der Waals surface area contributed by atoms with Gasteiger partial charge in [-0.2, -0.15) is 5.10 Å². The number of thiophene rings is 1. The molecule has 0 aliphatic carbocycles. The molecule has 0 unspecified atom stereocenters. The van der Waals surface area contributed by atoms with Crippen LogP contribution in [-0.2, 0) is 9.59 Å². The summed E-state index contributed by atoms with van der Waals surface area (Å²) in [4.78, 5) is 33.9. The highest BCUT2D eigenvalue weighted by Gasteiger charge is 2.22. The van der Waals surface area contributed by atoms with Crippen molar-refractivity contribution in [2.24, 2.45) is 5.10 Å². The average molecular weight is 281 g/mol. The normalized spacial score (nSPS) is 14.6. The van der Waals surface area contributed by atoms with Crippen molar-refractivity contribution >= 4 is 40.5 Å². The minimum Gasteiger partial charge on any atom is -0.477 e. The lowest BCUT2D eigenvalue weighted by molar-refractivity contribution is -0.121. The molecule has 0 aromatic carbocycles. The van der Waals surface area contributed by atoms with Crippen molar-refractivity contribution in [2.75, 3.05) is 5.32 Å². The number of aryl methyl sites for hydroxylation is 1. The smallest absolute Gasteiger partial charge is 0.348 e. The van der Waals surface area contributed by atoms with E-state index in [0.717, 1.165) is 11.3 Å². The summed E-state index contributed by atoms with van der Waals surface area (Å²) in [5.74, 6) is -1.83. The summed E-state index contributed by atoms with van der Waals surface area (Å²) in [6.07, 6.45) is 0.434. The van der Waals surface area contributed by atoms with Gasteiger partial charge in [0, 0.05) is 12.8 Å². The van der Waals surface area contributed by atoms with E-state index in [1.54, 1.807) is 12.3 Å².